The average Bonchev–Trinajstić information content (AvgIpc) is 3.10. The zero-order valence-corrected chi connectivity index (χ0v) is 15.1. The molecule has 0 spiro atoms. The molecule has 1 heterocycles. The van der Waals surface area contributed by atoms with E-state index in [2.05, 4.69) is 10.2 Å². The molecule has 0 aliphatic carbocycles. The number of carbonyl (C=O) groups is 1. The monoisotopic (exact) mass is 352 g/mol. The molecular formula is C19H20N4OS. The summed E-state index contributed by atoms with van der Waals surface area (Å²) in [4.78, 5) is 14.4. The van der Waals surface area contributed by atoms with Gasteiger partial charge in [-0.15, -0.1) is 10.2 Å². The van der Waals surface area contributed by atoms with Crippen LogP contribution in [0.4, 0.5) is 0 Å². The summed E-state index contributed by atoms with van der Waals surface area (Å²) in [5.41, 5.74) is 2.09. The van der Waals surface area contributed by atoms with Gasteiger partial charge in [0.1, 0.15) is 6.33 Å². The maximum atomic E-state index is 12.7. The van der Waals surface area contributed by atoms with Crippen LogP contribution in [0.2, 0.25) is 0 Å². The molecule has 0 saturated heterocycles. The third kappa shape index (κ3) is 4.28. The Kier molecular flexibility index (Phi) is 5.50. The lowest BCUT2D eigenvalue weighted by Crippen LogP contribution is -2.32. The van der Waals surface area contributed by atoms with Crippen molar-refractivity contribution in [1.29, 1.82) is 0 Å². The first-order valence-electron chi connectivity index (χ1n) is 8.06. The van der Waals surface area contributed by atoms with E-state index in [1.807, 2.05) is 79.2 Å². The van der Waals surface area contributed by atoms with Crippen molar-refractivity contribution in [3.05, 3.63) is 72.6 Å². The van der Waals surface area contributed by atoms with E-state index >= 15 is 0 Å². The Morgan fingerprint density at radius 1 is 1.12 bits per heavy atom. The standard InChI is InChI=1S/C19H20N4OS/c1-15(18(24)22(2)13-16-9-5-3-6-10-16)25-19-21-20-14-23(19)17-11-7-4-8-12-17/h3-12,14-15H,13H2,1-2H3. The average molecular weight is 352 g/mol. The number of carbonyl (C=O) groups excluding carboxylic acids is 1. The van der Waals surface area contributed by atoms with E-state index in [1.165, 1.54) is 11.8 Å². The first-order valence-corrected chi connectivity index (χ1v) is 8.94. The highest BCUT2D eigenvalue weighted by molar-refractivity contribution is 8.00. The van der Waals surface area contributed by atoms with Gasteiger partial charge in [-0.05, 0) is 24.6 Å². The van der Waals surface area contributed by atoms with E-state index in [9.17, 15) is 4.79 Å². The van der Waals surface area contributed by atoms with Gasteiger partial charge in [-0.1, -0.05) is 60.3 Å². The zero-order valence-electron chi connectivity index (χ0n) is 14.2. The summed E-state index contributed by atoms with van der Waals surface area (Å²) in [7, 11) is 1.83. The fourth-order valence-corrected chi connectivity index (χ4v) is 3.48. The van der Waals surface area contributed by atoms with Crippen LogP contribution >= 0.6 is 11.8 Å². The molecule has 3 rings (SSSR count). The van der Waals surface area contributed by atoms with Gasteiger partial charge in [-0.2, -0.15) is 0 Å². The van der Waals surface area contributed by atoms with Crippen molar-refractivity contribution < 1.29 is 4.79 Å². The van der Waals surface area contributed by atoms with Crippen molar-refractivity contribution in [2.45, 2.75) is 23.9 Å². The lowest BCUT2D eigenvalue weighted by Gasteiger charge is -2.21. The quantitative estimate of drug-likeness (QED) is 0.638. The van der Waals surface area contributed by atoms with Crippen LogP contribution in [0.5, 0.6) is 0 Å². The second kappa shape index (κ2) is 7.98. The third-order valence-corrected chi connectivity index (χ3v) is 4.86. The molecule has 0 aliphatic heterocycles. The van der Waals surface area contributed by atoms with Gasteiger partial charge in [0.05, 0.1) is 5.25 Å². The summed E-state index contributed by atoms with van der Waals surface area (Å²) in [6.07, 6.45) is 1.67. The largest absolute Gasteiger partial charge is 0.340 e. The minimum absolute atomic E-state index is 0.0662. The van der Waals surface area contributed by atoms with Gasteiger partial charge in [0.15, 0.2) is 5.16 Å². The first kappa shape index (κ1) is 17.2. The van der Waals surface area contributed by atoms with Gasteiger partial charge in [0.2, 0.25) is 5.91 Å². The summed E-state index contributed by atoms with van der Waals surface area (Å²) in [5, 5.41) is 8.61. The number of aromatic nitrogens is 3. The molecule has 1 atom stereocenters. The van der Waals surface area contributed by atoms with Crippen LogP contribution in [-0.4, -0.2) is 37.9 Å². The predicted octanol–water partition coefficient (Wildman–Crippen LogP) is 3.41. The molecule has 25 heavy (non-hydrogen) atoms. The van der Waals surface area contributed by atoms with E-state index in [4.69, 9.17) is 0 Å². The minimum Gasteiger partial charge on any atom is -0.340 e. The fourth-order valence-electron chi connectivity index (χ4n) is 2.52. The fraction of sp³-hybridized carbons (Fsp3) is 0.211. The Balaban J connectivity index is 1.67. The van der Waals surface area contributed by atoms with E-state index in [-0.39, 0.29) is 11.2 Å². The molecule has 1 amide bonds. The molecule has 1 unspecified atom stereocenters. The lowest BCUT2D eigenvalue weighted by molar-refractivity contribution is -0.129. The number of benzene rings is 2. The maximum absolute atomic E-state index is 12.7. The van der Waals surface area contributed by atoms with Crippen molar-refractivity contribution in [2.75, 3.05) is 7.05 Å². The lowest BCUT2D eigenvalue weighted by atomic mass is 10.2. The summed E-state index contributed by atoms with van der Waals surface area (Å²) < 4.78 is 1.89. The Morgan fingerprint density at radius 2 is 1.76 bits per heavy atom. The third-order valence-electron chi connectivity index (χ3n) is 3.82. The van der Waals surface area contributed by atoms with Crippen LogP contribution in [0.3, 0.4) is 0 Å². The minimum atomic E-state index is -0.250. The predicted molar refractivity (Wildman–Crippen MR) is 99.6 cm³/mol. The van der Waals surface area contributed by atoms with Crippen LogP contribution in [0, 0.1) is 0 Å². The van der Waals surface area contributed by atoms with Crippen LogP contribution in [-0.2, 0) is 11.3 Å². The van der Waals surface area contributed by atoms with Crippen molar-refractivity contribution in [3.63, 3.8) is 0 Å². The molecule has 3 aromatic rings. The number of hydrogen-bond donors (Lipinski definition) is 0. The summed E-state index contributed by atoms with van der Waals surface area (Å²) in [5.74, 6) is 0.0662. The number of rotatable bonds is 6. The van der Waals surface area contributed by atoms with E-state index in [1.54, 1.807) is 11.2 Å². The molecule has 6 heteroatoms. The van der Waals surface area contributed by atoms with Gasteiger partial charge < -0.3 is 4.90 Å². The van der Waals surface area contributed by atoms with Gasteiger partial charge >= 0.3 is 0 Å². The Hall–Kier alpha value is -2.60. The number of para-hydroxylation sites is 1. The highest BCUT2D eigenvalue weighted by Crippen LogP contribution is 2.25. The summed E-state index contributed by atoms with van der Waals surface area (Å²) in [6.45, 7) is 2.49. The molecule has 0 fully saturated rings. The molecule has 1 aromatic heterocycles. The molecule has 5 nitrogen and oxygen atoms in total. The Bertz CT molecular complexity index is 820. The van der Waals surface area contributed by atoms with Crippen molar-refractivity contribution in [2.24, 2.45) is 0 Å². The Morgan fingerprint density at radius 3 is 2.44 bits per heavy atom. The molecule has 0 radical (unpaired) electrons. The van der Waals surface area contributed by atoms with Gasteiger partial charge in [0.25, 0.3) is 0 Å². The normalized spacial score (nSPS) is 11.9. The number of thioether (sulfide) groups is 1. The molecule has 0 aliphatic rings. The molecule has 0 bridgehead atoms. The van der Waals surface area contributed by atoms with Crippen molar-refractivity contribution in [3.8, 4) is 5.69 Å². The second-order valence-corrected chi connectivity index (χ2v) is 7.07. The highest BCUT2D eigenvalue weighted by atomic mass is 32.2. The van der Waals surface area contributed by atoms with Crippen LogP contribution < -0.4 is 0 Å². The molecule has 128 valence electrons. The van der Waals surface area contributed by atoms with E-state index in [0.717, 1.165) is 11.3 Å². The Labute approximate surface area is 151 Å². The number of hydrogen-bond acceptors (Lipinski definition) is 4. The van der Waals surface area contributed by atoms with Gasteiger partial charge in [-0.3, -0.25) is 9.36 Å². The van der Waals surface area contributed by atoms with Crippen LogP contribution in [0.1, 0.15) is 12.5 Å². The summed E-state index contributed by atoms with van der Waals surface area (Å²) in [6, 6.07) is 19.8. The van der Waals surface area contributed by atoms with Crippen LogP contribution in [0.25, 0.3) is 5.69 Å². The van der Waals surface area contributed by atoms with Gasteiger partial charge in [-0.25, -0.2) is 0 Å². The van der Waals surface area contributed by atoms with E-state index in [0.29, 0.717) is 11.7 Å². The van der Waals surface area contributed by atoms with Crippen LogP contribution in [0.15, 0.2) is 72.1 Å². The molecule has 0 saturated carbocycles. The first-order chi connectivity index (χ1) is 12.1. The number of nitrogens with zero attached hydrogens (tertiary/aromatic N) is 4. The summed E-state index contributed by atoms with van der Waals surface area (Å²) >= 11 is 1.42. The molecular weight excluding hydrogens is 332 g/mol. The zero-order chi connectivity index (χ0) is 17.6. The van der Waals surface area contributed by atoms with Crippen molar-refractivity contribution >= 4 is 17.7 Å². The molecule has 0 N–H and O–H groups in total. The van der Waals surface area contributed by atoms with Gasteiger partial charge in [0, 0.05) is 19.3 Å². The molecule has 2 aromatic carbocycles. The SMILES string of the molecule is CC(Sc1nncn1-c1ccccc1)C(=O)N(C)Cc1ccccc1. The van der Waals surface area contributed by atoms with Crippen molar-refractivity contribution in [1.82, 2.24) is 19.7 Å². The van der Waals surface area contributed by atoms with E-state index < -0.39 is 0 Å². The topological polar surface area (TPSA) is 51.0 Å². The smallest absolute Gasteiger partial charge is 0.235 e. The highest BCUT2D eigenvalue weighted by Gasteiger charge is 2.21. The number of amides is 1. The maximum Gasteiger partial charge on any atom is 0.235 e. The second-order valence-electron chi connectivity index (χ2n) is 5.76.